The van der Waals surface area contributed by atoms with Crippen LogP contribution in [0.2, 0.25) is 0 Å². The highest BCUT2D eigenvalue weighted by molar-refractivity contribution is 5.67. The van der Waals surface area contributed by atoms with Gasteiger partial charge in [-0.3, -0.25) is 4.79 Å². The van der Waals surface area contributed by atoms with E-state index in [1.807, 2.05) is 26.0 Å². The minimum absolute atomic E-state index is 0.0869. The van der Waals surface area contributed by atoms with E-state index < -0.39 is 18.1 Å². The summed E-state index contributed by atoms with van der Waals surface area (Å²) in [5.41, 5.74) is 3.46. The first-order valence-corrected chi connectivity index (χ1v) is 7.25. The van der Waals surface area contributed by atoms with Gasteiger partial charge in [-0.15, -0.1) is 0 Å². The third kappa shape index (κ3) is 3.58. The largest absolute Gasteiger partial charge is 0.481 e. The molecule has 2 atom stereocenters. The van der Waals surface area contributed by atoms with Crippen molar-refractivity contribution in [1.82, 2.24) is 5.32 Å². The molecule has 0 fully saturated rings. The molecule has 1 aromatic carbocycles. The van der Waals surface area contributed by atoms with E-state index in [1.54, 1.807) is 0 Å². The number of carboxylic acids is 1. The summed E-state index contributed by atoms with van der Waals surface area (Å²) >= 11 is 0. The molecule has 0 bridgehead atoms. The number of aliphatic carboxylic acids is 1. The van der Waals surface area contributed by atoms with Crippen LogP contribution in [0.4, 0.5) is 0 Å². The molecule has 110 valence electrons. The van der Waals surface area contributed by atoms with Crippen LogP contribution < -0.4 is 5.32 Å². The maximum Gasteiger partial charge on any atom is 0.305 e. The Hall–Kier alpha value is -1.39. The predicted octanol–water partition coefficient (Wildman–Crippen LogP) is 2.05. The van der Waals surface area contributed by atoms with Gasteiger partial charge in [-0.05, 0) is 36.0 Å². The van der Waals surface area contributed by atoms with E-state index in [1.165, 1.54) is 11.1 Å². The number of carboxylic acid groups (broad SMARTS) is 1. The van der Waals surface area contributed by atoms with E-state index >= 15 is 0 Å². The Morgan fingerprint density at radius 2 is 2.00 bits per heavy atom. The van der Waals surface area contributed by atoms with E-state index in [4.69, 9.17) is 5.11 Å². The molecule has 0 saturated carbocycles. The molecule has 1 aliphatic rings. The van der Waals surface area contributed by atoms with Gasteiger partial charge in [-0.25, -0.2) is 0 Å². The predicted molar refractivity (Wildman–Crippen MR) is 77.7 cm³/mol. The number of aliphatic hydroxyl groups is 1. The fourth-order valence-corrected chi connectivity index (χ4v) is 2.89. The van der Waals surface area contributed by atoms with Gasteiger partial charge in [-0.1, -0.05) is 32.0 Å². The summed E-state index contributed by atoms with van der Waals surface area (Å²) < 4.78 is 0. The summed E-state index contributed by atoms with van der Waals surface area (Å²) in [5.74, 6) is -0.900. The highest BCUT2D eigenvalue weighted by Crippen LogP contribution is 2.27. The Bertz CT molecular complexity index is 485. The van der Waals surface area contributed by atoms with Crippen molar-refractivity contribution in [1.29, 1.82) is 0 Å². The number of fused-ring (bicyclic) bond motifs is 1. The number of carbonyl (C=O) groups is 1. The third-order valence-electron chi connectivity index (χ3n) is 3.79. The molecule has 1 aromatic rings. The van der Waals surface area contributed by atoms with Gasteiger partial charge in [0.05, 0.1) is 12.5 Å². The molecule has 4 heteroatoms. The Balaban J connectivity index is 2.17. The van der Waals surface area contributed by atoms with Crippen molar-refractivity contribution in [2.75, 3.05) is 0 Å². The Labute approximate surface area is 119 Å². The zero-order valence-corrected chi connectivity index (χ0v) is 12.1. The Kier molecular flexibility index (Phi) is 4.78. The second-order valence-electron chi connectivity index (χ2n) is 5.85. The molecule has 0 saturated heterocycles. The van der Waals surface area contributed by atoms with Gasteiger partial charge in [0.25, 0.3) is 0 Å². The lowest BCUT2D eigenvalue weighted by atomic mass is 9.96. The summed E-state index contributed by atoms with van der Waals surface area (Å²) in [4.78, 5) is 11.0. The van der Waals surface area contributed by atoms with Gasteiger partial charge in [-0.2, -0.15) is 0 Å². The smallest absolute Gasteiger partial charge is 0.305 e. The molecule has 3 N–H and O–H groups in total. The normalized spacial score (nSPS) is 17.0. The molecule has 2 unspecified atom stereocenters. The number of hydrogen-bond donors (Lipinski definition) is 3. The fourth-order valence-electron chi connectivity index (χ4n) is 2.89. The van der Waals surface area contributed by atoms with Crippen LogP contribution in [0.5, 0.6) is 0 Å². The fraction of sp³-hybridized carbons (Fsp3) is 0.562. The lowest BCUT2D eigenvalue weighted by molar-refractivity contribution is -0.138. The van der Waals surface area contributed by atoms with Crippen molar-refractivity contribution in [3.8, 4) is 0 Å². The summed E-state index contributed by atoms with van der Waals surface area (Å²) in [6.45, 7) is 3.90. The number of nitrogens with one attached hydrogen (secondary N) is 1. The van der Waals surface area contributed by atoms with Gasteiger partial charge in [0.2, 0.25) is 0 Å². The zero-order chi connectivity index (χ0) is 14.7. The van der Waals surface area contributed by atoms with Gasteiger partial charge >= 0.3 is 5.97 Å². The number of aryl methyl sites for hydroxylation is 2. The maximum absolute atomic E-state index is 11.0. The lowest BCUT2D eigenvalue weighted by Crippen LogP contribution is -2.40. The number of hydrogen-bond acceptors (Lipinski definition) is 3. The van der Waals surface area contributed by atoms with E-state index in [-0.39, 0.29) is 12.5 Å². The molecule has 0 aromatic heterocycles. The molecule has 0 heterocycles. The second kappa shape index (κ2) is 6.37. The van der Waals surface area contributed by atoms with E-state index in [2.05, 4.69) is 11.4 Å². The molecule has 2 rings (SSSR count). The first kappa shape index (κ1) is 15.0. The standard InChI is InChI=1S/C16H23NO3/c1-10(2)17-14(9-15(18)19)16(20)13-7-6-11-4-3-5-12(11)8-13/h6-8,10,14,16-17,20H,3-5,9H2,1-2H3,(H,18,19). The summed E-state index contributed by atoms with van der Waals surface area (Å²) in [6.07, 6.45) is 2.44. The van der Waals surface area contributed by atoms with Crippen molar-refractivity contribution >= 4 is 5.97 Å². The van der Waals surface area contributed by atoms with Crippen LogP contribution in [-0.4, -0.2) is 28.3 Å². The minimum atomic E-state index is -0.900. The van der Waals surface area contributed by atoms with E-state index in [0.29, 0.717) is 0 Å². The van der Waals surface area contributed by atoms with Crippen molar-refractivity contribution in [2.24, 2.45) is 0 Å². The quantitative estimate of drug-likeness (QED) is 0.744. The van der Waals surface area contributed by atoms with Crippen molar-refractivity contribution in [3.63, 3.8) is 0 Å². The van der Waals surface area contributed by atoms with E-state index in [9.17, 15) is 9.90 Å². The first-order valence-electron chi connectivity index (χ1n) is 7.25. The van der Waals surface area contributed by atoms with Crippen molar-refractivity contribution in [2.45, 2.75) is 57.7 Å². The second-order valence-corrected chi connectivity index (χ2v) is 5.85. The molecule has 0 radical (unpaired) electrons. The Morgan fingerprint density at radius 1 is 1.30 bits per heavy atom. The molecular formula is C16H23NO3. The monoisotopic (exact) mass is 277 g/mol. The zero-order valence-electron chi connectivity index (χ0n) is 12.1. The lowest BCUT2D eigenvalue weighted by Gasteiger charge is -2.25. The van der Waals surface area contributed by atoms with E-state index in [0.717, 1.165) is 24.8 Å². The van der Waals surface area contributed by atoms with Gasteiger partial charge < -0.3 is 15.5 Å². The molecule has 0 spiro atoms. The van der Waals surface area contributed by atoms with Gasteiger partial charge in [0, 0.05) is 12.1 Å². The topological polar surface area (TPSA) is 69.6 Å². The molecule has 0 amide bonds. The highest BCUT2D eigenvalue weighted by atomic mass is 16.4. The molecule has 20 heavy (non-hydrogen) atoms. The van der Waals surface area contributed by atoms with Crippen LogP contribution in [0, 0.1) is 0 Å². The minimum Gasteiger partial charge on any atom is -0.481 e. The van der Waals surface area contributed by atoms with Crippen LogP contribution in [0.3, 0.4) is 0 Å². The SMILES string of the molecule is CC(C)NC(CC(=O)O)C(O)c1ccc2c(c1)CCC2. The molecule has 1 aliphatic carbocycles. The van der Waals surface area contributed by atoms with Crippen LogP contribution in [-0.2, 0) is 17.6 Å². The van der Waals surface area contributed by atoms with Crippen molar-refractivity contribution < 1.29 is 15.0 Å². The maximum atomic E-state index is 11.0. The third-order valence-corrected chi connectivity index (χ3v) is 3.79. The van der Waals surface area contributed by atoms with Crippen molar-refractivity contribution in [3.05, 3.63) is 34.9 Å². The molecule has 4 nitrogen and oxygen atoms in total. The van der Waals surface area contributed by atoms with Gasteiger partial charge in [0.1, 0.15) is 0 Å². The number of rotatable bonds is 6. The Morgan fingerprint density at radius 3 is 2.65 bits per heavy atom. The van der Waals surface area contributed by atoms with Crippen LogP contribution in [0.1, 0.15) is 49.5 Å². The average Bonchev–Trinajstić information content (AvgIpc) is 2.83. The summed E-state index contributed by atoms with van der Waals surface area (Å²) in [6, 6.07) is 5.68. The van der Waals surface area contributed by atoms with Crippen LogP contribution in [0.25, 0.3) is 0 Å². The average molecular weight is 277 g/mol. The molecule has 0 aliphatic heterocycles. The summed E-state index contributed by atoms with van der Waals surface area (Å²) in [7, 11) is 0. The highest BCUT2D eigenvalue weighted by Gasteiger charge is 2.25. The van der Waals surface area contributed by atoms with Crippen LogP contribution in [0.15, 0.2) is 18.2 Å². The number of aliphatic hydroxyl groups excluding tert-OH is 1. The number of benzene rings is 1. The first-order chi connectivity index (χ1) is 9.47. The van der Waals surface area contributed by atoms with Gasteiger partial charge in [0.15, 0.2) is 0 Å². The molecular weight excluding hydrogens is 254 g/mol. The summed E-state index contributed by atoms with van der Waals surface area (Å²) in [5, 5.41) is 22.6. The van der Waals surface area contributed by atoms with Crippen LogP contribution >= 0.6 is 0 Å².